The van der Waals surface area contributed by atoms with E-state index in [0.29, 0.717) is 23.4 Å². The second kappa shape index (κ2) is 4.80. The predicted molar refractivity (Wildman–Crippen MR) is 76.6 cm³/mol. The minimum atomic E-state index is -0.412. The Hall–Kier alpha value is -2.63. The Kier molecular flexibility index (Phi) is 2.98. The second-order valence-corrected chi connectivity index (χ2v) is 4.56. The summed E-state index contributed by atoms with van der Waals surface area (Å²) in [7, 11) is 1.84. The van der Waals surface area contributed by atoms with E-state index in [2.05, 4.69) is 15.4 Å². The third kappa shape index (κ3) is 2.16. The maximum Gasteiger partial charge on any atom is 0.150 e. The number of pyridine rings is 1. The molecule has 0 spiro atoms. The van der Waals surface area contributed by atoms with Crippen LogP contribution in [0.5, 0.6) is 0 Å². The Morgan fingerprint density at radius 3 is 3.00 bits per heavy atom. The highest BCUT2D eigenvalue weighted by atomic mass is 19.1. The minimum Gasteiger partial charge on any atom is -0.398 e. The predicted octanol–water partition coefficient (Wildman–Crippen LogP) is 2.30. The van der Waals surface area contributed by atoms with Gasteiger partial charge in [-0.05, 0) is 24.3 Å². The summed E-state index contributed by atoms with van der Waals surface area (Å²) in [5.74, 6) is -0.412. The number of hydrogen-bond donors (Lipinski definition) is 2. The first kappa shape index (κ1) is 12.4. The zero-order valence-electron chi connectivity index (χ0n) is 11.0. The van der Waals surface area contributed by atoms with Gasteiger partial charge in [0.05, 0.1) is 23.4 Å². The molecule has 0 saturated heterocycles. The lowest BCUT2D eigenvalue weighted by molar-refractivity contribution is 0.631. The molecule has 0 atom stereocenters. The van der Waals surface area contributed by atoms with E-state index >= 15 is 0 Å². The number of nitrogens with zero attached hydrogens (tertiary/aromatic N) is 3. The number of halogens is 1. The quantitative estimate of drug-likeness (QED) is 0.717. The van der Waals surface area contributed by atoms with E-state index < -0.39 is 5.82 Å². The number of aromatic nitrogens is 3. The van der Waals surface area contributed by atoms with Gasteiger partial charge in [-0.25, -0.2) is 4.39 Å². The molecule has 0 aliphatic carbocycles. The topological polar surface area (TPSA) is 68.8 Å². The molecule has 2 heterocycles. The molecule has 0 amide bonds. The van der Waals surface area contributed by atoms with E-state index in [-0.39, 0.29) is 0 Å². The number of fused-ring (bicyclic) bond motifs is 1. The number of benzene rings is 1. The van der Waals surface area contributed by atoms with E-state index in [9.17, 15) is 4.39 Å². The third-order valence-electron chi connectivity index (χ3n) is 3.09. The van der Waals surface area contributed by atoms with Crippen molar-refractivity contribution in [3.63, 3.8) is 0 Å². The SMILES string of the molecule is Cn1ccc(CNc2c(F)cc(N)c3cccnc23)n1. The van der Waals surface area contributed by atoms with E-state index in [4.69, 9.17) is 5.73 Å². The maximum atomic E-state index is 14.1. The summed E-state index contributed by atoms with van der Waals surface area (Å²) in [6, 6.07) is 6.78. The van der Waals surface area contributed by atoms with E-state index in [1.165, 1.54) is 6.07 Å². The van der Waals surface area contributed by atoms with Crippen LogP contribution in [0.2, 0.25) is 0 Å². The molecule has 3 rings (SSSR count). The van der Waals surface area contributed by atoms with Crippen molar-refractivity contribution in [1.29, 1.82) is 0 Å². The minimum absolute atomic E-state index is 0.348. The van der Waals surface area contributed by atoms with Gasteiger partial charge in [-0.3, -0.25) is 9.67 Å². The standard InChI is InChI=1S/C14H14FN5/c1-20-6-4-9(19-20)8-18-14-11(15)7-12(16)10-3-2-5-17-13(10)14/h2-7,18H,8,16H2,1H3. The molecule has 5 nitrogen and oxygen atoms in total. The van der Waals surface area contributed by atoms with E-state index in [1.807, 2.05) is 25.4 Å². The van der Waals surface area contributed by atoms with Crippen LogP contribution in [-0.4, -0.2) is 14.8 Å². The fourth-order valence-corrected chi connectivity index (χ4v) is 2.14. The van der Waals surface area contributed by atoms with Crippen LogP contribution in [0.3, 0.4) is 0 Å². The van der Waals surface area contributed by atoms with Crippen molar-refractivity contribution in [2.24, 2.45) is 7.05 Å². The van der Waals surface area contributed by atoms with Gasteiger partial charge in [-0.1, -0.05) is 0 Å². The van der Waals surface area contributed by atoms with Gasteiger partial charge in [0, 0.05) is 30.5 Å². The van der Waals surface area contributed by atoms with Crippen LogP contribution in [0.4, 0.5) is 15.8 Å². The molecule has 3 aromatic rings. The molecule has 3 N–H and O–H groups in total. The number of nitrogen functional groups attached to an aromatic ring is 1. The Balaban J connectivity index is 1.98. The molecule has 0 aliphatic rings. The highest BCUT2D eigenvalue weighted by molar-refractivity contribution is 5.98. The molecule has 0 radical (unpaired) electrons. The molecule has 6 heteroatoms. The second-order valence-electron chi connectivity index (χ2n) is 4.56. The fourth-order valence-electron chi connectivity index (χ4n) is 2.14. The third-order valence-corrected chi connectivity index (χ3v) is 3.09. The molecule has 2 aromatic heterocycles. The van der Waals surface area contributed by atoms with Crippen molar-refractivity contribution in [3.8, 4) is 0 Å². The van der Waals surface area contributed by atoms with Crippen LogP contribution in [0.15, 0.2) is 36.7 Å². The lowest BCUT2D eigenvalue weighted by Crippen LogP contribution is -2.05. The Morgan fingerprint density at radius 1 is 1.40 bits per heavy atom. The van der Waals surface area contributed by atoms with Gasteiger partial charge in [0.15, 0.2) is 5.82 Å². The first-order valence-corrected chi connectivity index (χ1v) is 6.20. The van der Waals surface area contributed by atoms with Gasteiger partial charge in [0.1, 0.15) is 0 Å². The van der Waals surface area contributed by atoms with Gasteiger partial charge < -0.3 is 11.1 Å². The Bertz CT molecular complexity index is 765. The van der Waals surface area contributed by atoms with Crippen LogP contribution in [0.1, 0.15) is 5.69 Å². The molecule has 102 valence electrons. The first-order valence-electron chi connectivity index (χ1n) is 6.20. The van der Waals surface area contributed by atoms with Crippen molar-refractivity contribution < 1.29 is 4.39 Å². The average molecular weight is 271 g/mol. The molecule has 0 bridgehead atoms. The monoisotopic (exact) mass is 271 g/mol. The normalized spacial score (nSPS) is 10.9. The highest BCUT2D eigenvalue weighted by Crippen LogP contribution is 2.29. The number of anilines is 2. The van der Waals surface area contributed by atoms with Crippen molar-refractivity contribution in [2.75, 3.05) is 11.1 Å². The number of nitrogens with one attached hydrogen (secondary N) is 1. The summed E-state index contributed by atoms with van der Waals surface area (Å²) < 4.78 is 15.8. The summed E-state index contributed by atoms with van der Waals surface area (Å²) in [5, 5.41) is 8.02. The van der Waals surface area contributed by atoms with Crippen molar-refractivity contribution in [1.82, 2.24) is 14.8 Å². The lowest BCUT2D eigenvalue weighted by atomic mass is 10.1. The average Bonchev–Trinajstić information content (AvgIpc) is 2.84. The van der Waals surface area contributed by atoms with Gasteiger partial charge >= 0.3 is 0 Å². The summed E-state index contributed by atoms with van der Waals surface area (Å²) in [5.41, 5.74) is 7.90. The van der Waals surface area contributed by atoms with Crippen LogP contribution in [0.25, 0.3) is 10.9 Å². The van der Waals surface area contributed by atoms with E-state index in [0.717, 1.165) is 11.1 Å². The van der Waals surface area contributed by atoms with Crippen molar-refractivity contribution in [2.45, 2.75) is 6.54 Å². The molecule has 0 unspecified atom stereocenters. The first-order chi connectivity index (χ1) is 9.65. The highest BCUT2D eigenvalue weighted by Gasteiger charge is 2.11. The number of nitrogens with two attached hydrogens (primary N) is 1. The number of aryl methyl sites for hydroxylation is 1. The van der Waals surface area contributed by atoms with Gasteiger partial charge in [-0.15, -0.1) is 0 Å². The van der Waals surface area contributed by atoms with Gasteiger partial charge in [0.2, 0.25) is 0 Å². The van der Waals surface area contributed by atoms with Gasteiger partial charge in [-0.2, -0.15) is 5.10 Å². The fraction of sp³-hybridized carbons (Fsp3) is 0.143. The Labute approximate surface area is 115 Å². The lowest BCUT2D eigenvalue weighted by Gasteiger charge is -2.11. The zero-order chi connectivity index (χ0) is 14.1. The van der Waals surface area contributed by atoms with E-state index in [1.54, 1.807) is 16.9 Å². The molecule has 0 saturated carbocycles. The zero-order valence-corrected chi connectivity index (χ0v) is 11.0. The van der Waals surface area contributed by atoms with Crippen LogP contribution < -0.4 is 11.1 Å². The van der Waals surface area contributed by atoms with Crippen molar-refractivity contribution >= 4 is 22.3 Å². The largest absolute Gasteiger partial charge is 0.398 e. The molecular weight excluding hydrogens is 257 g/mol. The number of rotatable bonds is 3. The molecule has 0 fully saturated rings. The summed E-state index contributed by atoms with van der Waals surface area (Å²) in [6.45, 7) is 0.424. The summed E-state index contributed by atoms with van der Waals surface area (Å²) in [4.78, 5) is 4.21. The Morgan fingerprint density at radius 2 is 2.25 bits per heavy atom. The van der Waals surface area contributed by atoms with Gasteiger partial charge in [0.25, 0.3) is 0 Å². The molecular formula is C14H14FN5. The van der Waals surface area contributed by atoms with Crippen LogP contribution in [0, 0.1) is 5.82 Å². The molecule has 20 heavy (non-hydrogen) atoms. The molecule has 1 aromatic carbocycles. The summed E-state index contributed by atoms with van der Waals surface area (Å²) in [6.07, 6.45) is 3.46. The molecule has 0 aliphatic heterocycles. The van der Waals surface area contributed by atoms with Crippen molar-refractivity contribution in [3.05, 3.63) is 48.2 Å². The smallest absolute Gasteiger partial charge is 0.150 e. The maximum absolute atomic E-state index is 14.1. The van der Waals surface area contributed by atoms with Crippen LogP contribution in [-0.2, 0) is 13.6 Å². The van der Waals surface area contributed by atoms with Crippen LogP contribution >= 0.6 is 0 Å². The summed E-state index contributed by atoms with van der Waals surface area (Å²) >= 11 is 0. The number of hydrogen-bond acceptors (Lipinski definition) is 4.